The first kappa shape index (κ1) is 42.3. The Labute approximate surface area is 387 Å². The van der Waals surface area contributed by atoms with Gasteiger partial charge in [-0.1, -0.05) is 48.5 Å². The van der Waals surface area contributed by atoms with E-state index in [1.54, 1.807) is 0 Å². The second-order valence-electron chi connectivity index (χ2n) is 11.6. The third kappa shape index (κ3) is 9.62. The number of fused-ring (bicyclic) bond motifs is 6. The molecule has 0 radical (unpaired) electrons. The summed E-state index contributed by atoms with van der Waals surface area (Å²) in [4.78, 5) is 54.6. The monoisotopic (exact) mass is 768 g/mol. The fourth-order valence-corrected chi connectivity index (χ4v) is 5.76. The van der Waals surface area contributed by atoms with E-state index >= 15 is 0 Å². The van der Waals surface area contributed by atoms with Gasteiger partial charge in [0.15, 0.2) is 0 Å². The zero-order valence-corrected chi connectivity index (χ0v) is 35.0. The third-order valence-electron chi connectivity index (χ3n) is 8.30. The Morgan fingerprint density at radius 1 is 0.585 bits per heavy atom. The van der Waals surface area contributed by atoms with Crippen LogP contribution in [0.1, 0.15) is 41.4 Å². The molecule has 2 atom stereocenters. The maximum absolute atomic E-state index is 12.2. The molecule has 0 fully saturated rings. The predicted octanol–water partition coefficient (Wildman–Crippen LogP) is -5.64. The Balaban J connectivity index is 0.000000224. The molecule has 8 rings (SSSR count). The van der Waals surface area contributed by atoms with E-state index in [0.29, 0.717) is 49.3 Å². The first-order valence-electron chi connectivity index (χ1n) is 15.7. The second kappa shape index (κ2) is 18.7. The number of ether oxygens (including phenoxy) is 2. The Morgan fingerprint density at radius 3 is 1.28 bits per heavy atom. The topological polar surface area (TPSA) is 224 Å². The number of amides is 2. The van der Waals surface area contributed by atoms with Gasteiger partial charge >= 0.3 is 103 Å². The van der Waals surface area contributed by atoms with Gasteiger partial charge in [-0.25, -0.2) is 0 Å². The summed E-state index contributed by atoms with van der Waals surface area (Å²) >= 11 is 0. The molecule has 0 saturated heterocycles. The molecular weight excluding hydrogens is 739 g/mol. The molecule has 0 spiro atoms. The molecule has 15 nitrogen and oxygen atoms in total. The number of carbonyl (C=O) groups excluding carboxylic acids is 4. The van der Waals surface area contributed by atoms with Gasteiger partial charge in [-0.15, -0.1) is 0 Å². The SMILES string of the molecule is O.O=C([O-])c1ccc(C(=O)NCC2Cn3c(nc4ccccc43)O2)cc1.O=C([O-])c1ccc(C(=O)NCC2Cn3c(nc4ccccc43)O2)cc1.[K+].[K+]. The zero-order chi connectivity index (χ0) is 34.8. The number of carboxylic acids is 2. The van der Waals surface area contributed by atoms with E-state index in [2.05, 4.69) is 20.6 Å². The molecule has 2 unspecified atom stereocenters. The van der Waals surface area contributed by atoms with Crippen LogP contribution in [0.5, 0.6) is 12.0 Å². The van der Waals surface area contributed by atoms with Crippen molar-refractivity contribution in [3.8, 4) is 12.0 Å². The van der Waals surface area contributed by atoms with Crippen LogP contribution in [0.2, 0.25) is 0 Å². The molecule has 0 saturated carbocycles. The number of hydrogen-bond donors (Lipinski definition) is 2. The van der Waals surface area contributed by atoms with Crippen LogP contribution in [0.15, 0.2) is 97.1 Å². The van der Waals surface area contributed by atoms with Gasteiger partial charge in [0.25, 0.3) is 23.8 Å². The van der Waals surface area contributed by atoms with Crippen LogP contribution in [0.25, 0.3) is 22.1 Å². The number of carboxylic acid groups (broad SMARTS) is 2. The number of aromatic carboxylic acids is 2. The molecule has 0 bridgehead atoms. The number of carbonyl (C=O) groups is 4. The van der Waals surface area contributed by atoms with Crippen LogP contribution in [0.4, 0.5) is 0 Å². The largest absolute Gasteiger partial charge is 1.00 e. The van der Waals surface area contributed by atoms with E-state index in [9.17, 15) is 29.4 Å². The van der Waals surface area contributed by atoms with Gasteiger partial charge in [0.05, 0.1) is 60.2 Å². The average molecular weight is 769 g/mol. The van der Waals surface area contributed by atoms with Crippen molar-refractivity contribution < 1.29 is 147 Å². The molecule has 53 heavy (non-hydrogen) atoms. The van der Waals surface area contributed by atoms with Crippen molar-refractivity contribution in [2.75, 3.05) is 13.1 Å². The van der Waals surface area contributed by atoms with E-state index in [1.165, 1.54) is 48.5 Å². The molecule has 4 heterocycles. The number of nitrogens with one attached hydrogen (secondary N) is 2. The van der Waals surface area contributed by atoms with Crippen molar-refractivity contribution in [2.24, 2.45) is 0 Å². The van der Waals surface area contributed by atoms with Gasteiger partial charge in [-0.3, -0.25) is 18.7 Å². The summed E-state index contributed by atoms with van der Waals surface area (Å²) in [5, 5.41) is 27.0. The molecule has 4 N–H and O–H groups in total. The average Bonchev–Trinajstić information content (AvgIpc) is 3.89. The van der Waals surface area contributed by atoms with E-state index in [4.69, 9.17) is 9.47 Å². The smallest absolute Gasteiger partial charge is 0.545 e. The van der Waals surface area contributed by atoms with Crippen LogP contribution >= 0.6 is 0 Å². The van der Waals surface area contributed by atoms with E-state index in [0.717, 1.165) is 22.1 Å². The first-order valence-corrected chi connectivity index (χ1v) is 15.7. The fourth-order valence-electron chi connectivity index (χ4n) is 5.76. The summed E-state index contributed by atoms with van der Waals surface area (Å²) in [5.74, 6) is -3.12. The predicted molar refractivity (Wildman–Crippen MR) is 178 cm³/mol. The number of para-hydroxylation sites is 4. The Bertz CT molecular complexity index is 2100. The minimum atomic E-state index is -1.27. The summed E-state index contributed by atoms with van der Waals surface area (Å²) in [5.41, 5.74) is 4.60. The zero-order valence-electron chi connectivity index (χ0n) is 28.8. The summed E-state index contributed by atoms with van der Waals surface area (Å²) in [6.45, 7) is 1.89. The quantitative estimate of drug-likeness (QED) is 0.140. The number of hydrogen-bond acceptors (Lipinski definition) is 10. The molecule has 0 aliphatic carbocycles. The molecule has 260 valence electrons. The van der Waals surface area contributed by atoms with Crippen molar-refractivity contribution in [3.63, 3.8) is 0 Å². The van der Waals surface area contributed by atoms with Crippen molar-refractivity contribution in [3.05, 3.63) is 119 Å². The van der Waals surface area contributed by atoms with Crippen LogP contribution in [0.3, 0.4) is 0 Å². The van der Waals surface area contributed by atoms with Crippen molar-refractivity contribution in [2.45, 2.75) is 25.3 Å². The Kier molecular flexibility index (Phi) is 14.9. The summed E-state index contributed by atoms with van der Waals surface area (Å²) in [6.07, 6.45) is -0.392. The van der Waals surface area contributed by atoms with E-state index in [-0.39, 0.29) is 143 Å². The van der Waals surface area contributed by atoms with Crippen molar-refractivity contribution in [1.29, 1.82) is 0 Å². The first-order chi connectivity index (χ1) is 24.2. The molecule has 2 aliphatic rings. The Morgan fingerprint density at radius 2 is 0.925 bits per heavy atom. The minimum Gasteiger partial charge on any atom is -0.545 e. The molecule has 17 heteroatoms. The van der Waals surface area contributed by atoms with Crippen LogP contribution in [0, 0.1) is 0 Å². The van der Waals surface area contributed by atoms with Crippen LogP contribution in [-0.4, -0.2) is 73.6 Å². The number of benzene rings is 4. The molecular formula is C36H30K2N6O9. The van der Waals surface area contributed by atoms with E-state index in [1.807, 2.05) is 57.7 Å². The second-order valence-corrected chi connectivity index (χ2v) is 11.6. The van der Waals surface area contributed by atoms with E-state index < -0.39 is 11.9 Å². The van der Waals surface area contributed by atoms with Gasteiger partial charge in [0, 0.05) is 11.1 Å². The number of nitrogens with zero attached hydrogens (tertiary/aromatic N) is 4. The number of rotatable bonds is 8. The minimum absolute atomic E-state index is 0. The standard InChI is InChI=1S/2C18H15N3O4.2K.H2O/c2*22-16(11-5-7-12(8-6-11)17(23)24)19-9-13-10-21-15-4-2-1-3-14(15)20-18(21)25-13;;;/h2*1-8,13H,9-10H2,(H,19,22)(H,23,24);;;1H2/q;;2*+1;/p-2. The maximum atomic E-state index is 12.2. The normalized spacial score (nSPS) is 14.7. The summed E-state index contributed by atoms with van der Waals surface area (Å²) in [6, 6.07) is 27.9. The van der Waals surface area contributed by atoms with Gasteiger partial charge < -0.3 is 45.4 Å². The Hall–Kier alpha value is -3.47. The van der Waals surface area contributed by atoms with Crippen molar-refractivity contribution >= 4 is 45.8 Å². The molecule has 2 aromatic heterocycles. The summed E-state index contributed by atoms with van der Waals surface area (Å²) < 4.78 is 15.5. The van der Waals surface area contributed by atoms with Crippen LogP contribution in [-0.2, 0) is 13.1 Å². The van der Waals surface area contributed by atoms with Crippen LogP contribution < -0.4 is 133 Å². The molecule has 4 aromatic carbocycles. The van der Waals surface area contributed by atoms with Crippen molar-refractivity contribution in [1.82, 2.24) is 29.7 Å². The van der Waals surface area contributed by atoms with Gasteiger partial charge in [0.1, 0.15) is 12.2 Å². The molecule has 2 aliphatic heterocycles. The van der Waals surface area contributed by atoms with Gasteiger partial charge in [-0.2, -0.15) is 9.97 Å². The van der Waals surface area contributed by atoms with Gasteiger partial charge in [-0.05, 0) is 59.7 Å². The molecule has 2 amide bonds. The maximum Gasteiger partial charge on any atom is 1.00 e. The molecule has 6 aromatic rings. The summed E-state index contributed by atoms with van der Waals surface area (Å²) in [7, 11) is 0. The number of imidazole rings is 2. The number of aromatic nitrogens is 4. The van der Waals surface area contributed by atoms with Gasteiger partial charge in [0.2, 0.25) is 0 Å². The third-order valence-corrected chi connectivity index (χ3v) is 8.30. The fraction of sp³-hybridized carbons (Fsp3) is 0.167.